The molecule has 1 aromatic carbocycles. The van der Waals surface area contributed by atoms with Gasteiger partial charge in [0.15, 0.2) is 0 Å². The van der Waals surface area contributed by atoms with Gasteiger partial charge in [0.1, 0.15) is 17.4 Å². The lowest BCUT2D eigenvalue weighted by molar-refractivity contribution is -0.142. The lowest BCUT2D eigenvalue weighted by Crippen LogP contribution is -2.45. The van der Waals surface area contributed by atoms with E-state index in [1.54, 1.807) is 27.9 Å². The zero-order valence-electron chi connectivity index (χ0n) is 14.0. The second-order valence-corrected chi connectivity index (χ2v) is 6.80. The van der Waals surface area contributed by atoms with Gasteiger partial charge >= 0.3 is 12.1 Å². The first-order chi connectivity index (χ1) is 10.7. The highest BCUT2D eigenvalue weighted by Crippen LogP contribution is 2.22. The van der Waals surface area contributed by atoms with Crippen LogP contribution < -0.4 is 10.1 Å². The summed E-state index contributed by atoms with van der Waals surface area (Å²) in [6.45, 7) is 5.27. The zero-order valence-corrected chi connectivity index (χ0v) is 14.9. The van der Waals surface area contributed by atoms with Crippen molar-refractivity contribution in [1.82, 2.24) is 5.32 Å². The quantitative estimate of drug-likeness (QED) is 0.633. The Morgan fingerprint density at radius 1 is 1.17 bits per heavy atom. The van der Waals surface area contributed by atoms with Crippen molar-refractivity contribution in [2.75, 3.05) is 20.0 Å². The standard InChI is InChI=1S/C16H23NO5S/c1-16(2,3)22-15(19)17-13(14(18)21-5)10-23-12-8-6-11(20-4)7-9-12/h6-9,13H,10H2,1-5H3,(H,17,19)/t13-/m0/s1. The smallest absolute Gasteiger partial charge is 0.408 e. The number of carbonyl (C=O) groups is 2. The third-order valence-electron chi connectivity index (χ3n) is 2.65. The van der Waals surface area contributed by atoms with E-state index in [1.807, 2.05) is 24.3 Å². The van der Waals surface area contributed by atoms with Crippen LogP contribution >= 0.6 is 11.8 Å². The van der Waals surface area contributed by atoms with Gasteiger partial charge in [0.25, 0.3) is 0 Å². The third-order valence-corrected chi connectivity index (χ3v) is 3.76. The van der Waals surface area contributed by atoms with E-state index in [-0.39, 0.29) is 0 Å². The van der Waals surface area contributed by atoms with Crippen molar-refractivity contribution in [2.24, 2.45) is 0 Å². The summed E-state index contributed by atoms with van der Waals surface area (Å²) in [7, 11) is 2.88. The molecule has 1 aromatic rings. The van der Waals surface area contributed by atoms with Gasteiger partial charge in [0.05, 0.1) is 14.2 Å². The molecule has 128 valence electrons. The number of hydrogen-bond donors (Lipinski definition) is 1. The van der Waals surface area contributed by atoms with Crippen LogP contribution in [0.4, 0.5) is 4.79 Å². The summed E-state index contributed by atoms with van der Waals surface area (Å²) in [6, 6.07) is 6.63. The largest absolute Gasteiger partial charge is 0.497 e. The van der Waals surface area contributed by atoms with Gasteiger partial charge in [-0.15, -0.1) is 11.8 Å². The number of nitrogens with one attached hydrogen (secondary N) is 1. The summed E-state index contributed by atoms with van der Waals surface area (Å²) in [6.07, 6.45) is -0.650. The van der Waals surface area contributed by atoms with Gasteiger partial charge in [-0.3, -0.25) is 0 Å². The second kappa shape index (κ2) is 8.67. The molecule has 23 heavy (non-hydrogen) atoms. The highest BCUT2D eigenvalue weighted by molar-refractivity contribution is 7.99. The van der Waals surface area contributed by atoms with E-state index >= 15 is 0 Å². The average molecular weight is 341 g/mol. The molecule has 0 heterocycles. The molecule has 0 saturated heterocycles. The predicted octanol–water partition coefficient (Wildman–Crippen LogP) is 2.85. The Balaban J connectivity index is 2.63. The van der Waals surface area contributed by atoms with Gasteiger partial charge in [0, 0.05) is 10.6 Å². The predicted molar refractivity (Wildman–Crippen MR) is 88.9 cm³/mol. The highest BCUT2D eigenvalue weighted by atomic mass is 32.2. The fraction of sp³-hybridized carbons (Fsp3) is 0.500. The molecule has 6 nitrogen and oxygen atoms in total. The Morgan fingerprint density at radius 2 is 1.78 bits per heavy atom. The van der Waals surface area contributed by atoms with Crippen LogP contribution in [-0.4, -0.2) is 43.7 Å². The minimum absolute atomic E-state index is 0.332. The molecule has 0 spiro atoms. The molecular weight excluding hydrogens is 318 g/mol. The summed E-state index contributed by atoms with van der Waals surface area (Å²) in [5.74, 6) is 0.570. The Hall–Kier alpha value is -1.89. The molecule has 1 rings (SSSR count). The van der Waals surface area contributed by atoms with E-state index < -0.39 is 23.7 Å². The first-order valence-electron chi connectivity index (χ1n) is 7.09. The summed E-state index contributed by atoms with van der Waals surface area (Å²) >= 11 is 1.42. The fourth-order valence-corrected chi connectivity index (χ4v) is 2.52. The van der Waals surface area contributed by atoms with E-state index in [0.29, 0.717) is 5.75 Å². The minimum Gasteiger partial charge on any atom is -0.497 e. The second-order valence-electron chi connectivity index (χ2n) is 5.71. The van der Waals surface area contributed by atoms with Crippen LogP contribution in [0.2, 0.25) is 0 Å². The van der Waals surface area contributed by atoms with Crippen molar-refractivity contribution in [3.05, 3.63) is 24.3 Å². The molecule has 0 aliphatic rings. The monoisotopic (exact) mass is 341 g/mol. The average Bonchev–Trinajstić information content (AvgIpc) is 2.49. The van der Waals surface area contributed by atoms with Crippen molar-refractivity contribution in [2.45, 2.75) is 37.3 Å². The molecule has 0 fully saturated rings. The van der Waals surface area contributed by atoms with Crippen LogP contribution in [0, 0.1) is 0 Å². The maximum Gasteiger partial charge on any atom is 0.408 e. The SMILES string of the molecule is COC(=O)[C@H](CSc1ccc(OC)cc1)NC(=O)OC(C)(C)C. The number of amides is 1. The van der Waals surface area contributed by atoms with Crippen LogP contribution in [-0.2, 0) is 14.3 Å². The van der Waals surface area contributed by atoms with Crippen molar-refractivity contribution in [3.8, 4) is 5.75 Å². The van der Waals surface area contributed by atoms with E-state index in [0.717, 1.165) is 10.6 Å². The number of benzene rings is 1. The van der Waals surface area contributed by atoms with E-state index in [9.17, 15) is 9.59 Å². The summed E-state index contributed by atoms with van der Waals surface area (Å²) in [5.41, 5.74) is -0.631. The number of methoxy groups -OCH3 is 2. The van der Waals surface area contributed by atoms with Crippen molar-refractivity contribution in [3.63, 3.8) is 0 Å². The van der Waals surface area contributed by atoms with Crippen LogP contribution in [0.1, 0.15) is 20.8 Å². The van der Waals surface area contributed by atoms with Gasteiger partial charge in [-0.05, 0) is 45.0 Å². The highest BCUT2D eigenvalue weighted by Gasteiger charge is 2.25. The van der Waals surface area contributed by atoms with Gasteiger partial charge < -0.3 is 19.5 Å². The van der Waals surface area contributed by atoms with E-state index in [1.165, 1.54) is 18.9 Å². The van der Waals surface area contributed by atoms with E-state index in [2.05, 4.69) is 5.32 Å². The molecule has 0 radical (unpaired) electrons. The topological polar surface area (TPSA) is 73.9 Å². The van der Waals surface area contributed by atoms with E-state index in [4.69, 9.17) is 14.2 Å². The van der Waals surface area contributed by atoms with Crippen LogP contribution in [0.15, 0.2) is 29.2 Å². The van der Waals surface area contributed by atoms with Crippen molar-refractivity contribution in [1.29, 1.82) is 0 Å². The number of hydrogen-bond acceptors (Lipinski definition) is 6. The number of thioether (sulfide) groups is 1. The Bertz CT molecular complexity index is 524. The van der Waals surface area contributed by atoms with Crippen molar-refractivity contribution < 1.29 is 23.8 Å². The van der Waals surface area contributed by atoms with Crippen LogP contribution in [0.5, 0.6) is 5.75 Å². The maximum absolute atomic E-state index is 11.8. The molecular formula is C16H23NO5S. The lowest BCUT2D eigenvalue weighted by atomic mass is 10.2. The Kier molecular flexibility index (Phi) is 7.22. The van der Waals surface area contributed by atoms with Crippen LogP contribution in [0.3, 0.4) is 0 Å². The summed E-state index contributed by atoms with van der Waals surface area (Å²) in [5, 5.41) is 2.54. The minimum atomic E-state index is -0.790. The van der Waals surface area contributed by atoms with Crippen molar-refractivity contribution >= 4 is 23.8 Å². The number of esters is 1. The number of ether oxygens (including phenoxy) is 3. The molecule has 0 aliphatic heterocycles. The molecule has 0 unspecified atom stereocenters. The Labute approximate surface area is 140 Å². The van der Waals surface area contributed by atoms with Gasteiger partial charge in [0.2, 0.25) is 0 Å². The molecule has 1 amide bonds. The molecule has 0 aromatic heterocycles. The Morgan fingerprint density at radius 3 is 2.26 bits per heavy atom. The molecule has 1 atom stereocenters. The molecule has 0 aliphatic carbocycles. The van der Waals surface area contributed by atoms with Gasteiger partial charge in [-0.2, -0.15) is 0 Å². The molecule has 7 heteroatoms. The fourth-order valence-electron chi connectivity index (χ4n) is 1.61. The number of carbonyl (C=O) groups excluding carboxylic acids is 2. The van der Waals surface area contributed by atoms with Gasteiger partial charge in [-0.1, -0.05) is 0 Å². The summed E-state index contributed by atoms with van der Waals surface area (Å²) in [4.78, 5) is 24.6. The van der Waals surface area contributed by atoms with Crippen LogP contribution in [0.25, 0.3) is 0 Å². The lowest BCUT2D eigenvalue weighted by Gasteiger charge is -2.22. The molecule has 0 bridgehead atoms. The van der Waals surface area contributed by atoms with Gasteiger partial charge in [-0.25, -0.2) is 9.59 Å². The summed E-state index contributed by atoms with van der Waals surface area (Å²) < 4.78 is 15.0. The number of rotatable bonds is 6. The molecule has 1 N–H and O–H groups in total. The molecule has 0 saturated carbocycles. The zero-order chi connectivity index (χ0) is 17.5. The first-order valence-corrected chi connectivity index (χ1v) is 8.08. The first kappa shape index (κ1) is 19.2. The number of alkyl carbamates (subject to hydrolysis) is 1. The maximum atomic E-state index is 11.8. The normalized spacial score (nSPS) is 12.2. The third kappa shape index (κ3) is 7.27.